The first kappa shape index (κ1) is 32.8. The predicted molar refractivity (Wildman–Crippen MR) is 161 cm³/mol. The molecule has 9 nitrogen and oxygen atoms in total. The molecule has 11 heteroatoms. The van der Waals surface area contributed by atoms with E-state index in [4.69, 9.17) is 9.47 Å². The highest BCUT2D eigenvalue weighted by Gasteiger charge is 2.21. The molecule has 0 unspecified atom stereocenters. The Morgan fingerprint density at radius 1 is 0.881 bits per heavy atom. The Labute approximate surface area is 270 Å². The maximum Gasteiger partial charge on any atom is 0.411 e. The van der Waals surface area contributed by atoms with Crippen LogP contribution in [0.2, 0.25) is 0 Å². The number of alkyl carbamates (subject to hydrolysis) is 1. The molecule has 0 radical (unpaired) electrons. The van der Waals surface area contributed by atoms with Crippen LogP contribution in [0.25, 0.3) is 10.8 Å². The number of fused-ring (bicyclic) bond motifs is 1. The van der Waals surface area contributed by atoms with Crippen LogP contribution in [0, 0.1) is 0 Å². The van der Waals surface area contributed by atoms with E-state index in [0.717, 1.165) is 28.2 Å². The van der Waals surface area contributed by atoms with E-state index in [9.17, 15) is 14.4 Å². The summed E-state index contributed by atoms with van der Waals surface area (Å²) in [7, 11) is 0. The molecule has 0 saturated heterocycles. The molecular formula is C31H32BrIN4O5. The molecule has 4 rings (SSSR count). The van der Waals surface area contributed by atoms with Gasteiger partial charge in [-0.2, -0.15) is 0 Å². The summed E-state index contributed by atoms with van der Waals surface area (Å²) < 4.78 is 13.1. The molecule has 42 heavy (non-hydrogen) atoms. The van der Waals surface area contributed by atoms with E-state index in [1.807, 2.05) is 83.7 Å². The van der Waals surface area contributed by atoms with Crippen molar-refractivity contribution in [3.05, 3.63) is 101 Å². The lowest BCUT2D eigenvalue weighted by molar-refractivity contribution is -0.697. The Hall–Kier alpha value is -3.71. The van der Waals surface area contributed by atoms with Crippen LogP contribution >= 0.6 is 15.9 Å². The highest BCUT2D eigenvalue weighted by atomic mass is 127. The smallest absolute Gasteiger partial charge is 0.411 e. The summed E-state index contributed by atoms with van der Waals surface area (Å²) >= 11 is 3.49. The number of hydrogen-bond acceptors (Lipinski definition) is 5. The Bertz CT molecular complexity index is 1500. The van der Waals surface area contributed by atoms with Gasteiger partial charge in [0.1, 0.15) is 25.3 Å². The lowest BCUT2D eigenvalue weighted by Gasteiger charge is -2.23. The quantitative estimate of drug-likeness (QED) is 0.140. The van der Waals surface area contributed by atoms with Crippen molar-refractivity contribution in [3.8, 4) is 0 Å². The first-order chi connectivity index (χ1) is 19.9. The number of halogens is 2. The van der Waals surface area contributed by atoms with Gasteiger partial charge in [-0.1, -0.05) is 61.5 Å². The van der Waals surface area contributed by atoms with Crippen molar-refractivity contribution in [2.75, 3.05) is 36.5 Å². The van der Waals surface area contributed by atoms with Gasteiger partial charge in [0, 0.05) is 30.6 Å². The van der Waals surface area contributed by atoms with Gasteiger partial charge in [0.25, 0.3) is 5.91 Å². The topological polar surface area (TPSA) is 101 Å². The summed E-state index contributed by atoms with van der Waals surface area (Å²) in [6, 6.07) is 24.3. The van der Waals surface area contributed by atoms with Crippen molar-refractivity contribution in [1.82, 2.24) is 5.32 Å². The number of carbonyl (C=O) groups excluding carboxylic acids is 3. The van der Waals surface area contributed by atoms with E-state index >= 15 is 0 Å². The minimum absolute atomic E-state index is 0. The van der Waals surface area contributed by atoms with Crippen LogP contribution in [0.1, 0.15) is 23.7 Å². The molecular weight excluding hydrogens is 715 g/mol. The largest absolute Gasteiger partial charge is 1.00 e. The number of para-hydroxylation sites is 1. The molecule has 2 N–H and O–H groups in total. The van der Waals surface area contributed by atoms with Crippen molar-refractivity contribution in [2.24, 2.45) is 0 Å². The number of hydrogen-bond donors (Lipinski definition) is 2. The number of carbonyl (C=O) groups is 3. The number of nitrogens with one attached hydrogen (secondary N) is 2. The van der Waals surface area contributed by atoms with Crippen LogP contribution in [0.5, 0.6) is 0 Å². The average Bonchev–Trinajstić information content (AvgIpc) is 2.98. The van der Waals surface area contributed by atoms with Gasteiger partial charge in [0.15, 0.2) is 12.4 Å². The van der Waals surface area contributed by atoms with Gasteiger partial charge in [-0.15, -0.1) is 0 Å². The van der Waals surface area contributed by atoms with Crippen molar-refractivity contribution in [1.29, 1.82) is 0 Å². The second kappa shape index (κ2) is 16.7. The molecule has 4 aromatic rings. The number of benzene rings is 3. The molecule has 1 heterocycles. The molecule has 0 aliphatic carbocycles. The molecule has 0 spiro atoms. The minimum Gasteiger partial charge on any atom is -1.00 e. The second-order valence-electron chi connectivity index (χ2n) is 9.12. The maximum atomic E-state index is 13.5. The predicted octanol–water partition coefficient (Wildman–Crippen LogP) is 2.93. The SMILES string of the molecule is CCC[n+]1cc(Br)cc(C(=O)N(CCNC(=O)OCCOC(=O)Nc2cccc3ccccc23)c2ccccc2)c1.[I-]. The summed E-state index contributed by atoms with van der Waals surface area (Å²) in [5.74, 6) is -0.192. The number of aryl methyl sites for hydroxylation is 1. The zero-order valence-electron chi connectivity index (χ0n) is 23.1. The molecule has 3 aromatic carbocycles. The van der Waals surface area contributed by atoms with Crippen LogP contribution in [0.3, 0.4) is 0 Å². The van der Waals surface area contributed by atoms with E-state index in [1.54, 1.807) is 17.0 Å². The summed E-state index contributed by atoms with van der Waals surface area (Å²) in [5, 5.41) is 7.26. The van der Waals surface area contributed by atoms with E-state index in [0.29, 0.717) is 16.9 Å². The summed E-state index contributed by atoms with van der Waals surface area (Å²) in [6.07, 6.45) is 3.37. The summed E-state index contributed by atoms with van der Waals surface area (Å²) in [5.41, 5.74) is 1.87. The first-order valence-corrected chi connectivity index (χ1v) is 14.1. The fraction of sp³-hybridized carbons (Fsp3) is 0.226. The third-order valence-corrected chi connectivity index (χ3v) is 6.54. The summed E-state index contributed by atoms with van der Waals surface area (Å²) in [4.78, 5) is 39.6. The number of rotatable bonds is 11. The third-order valence-electron chi connectivity index (χ3n) is 6.11. The lowest BCUT2D eigenvalue weighted by atomic mass is 10.1. The zero-order valence-corrected chi connectivity index (χ0v) is 26.8. The maximum absolute atomic E-state index is 13.5. The first-order valence-electron chi connectivity index (χ1n) is 13.3. The van der Waals surface area contributed by atoms with Gasteiger partial charge in [-0.25, -0.2) is 14.2 Å². The Morgan fingerprint density at radius 2 is 1.57 bits per heavy atom. The number of ether oxygens (including phenoxy) is 2. The van der Waals surface area contributed by atoms with Gasteiger partial charge >= 0.3 is 12.2 Å². The van der Waals surface area contributed by atoms with Crippen LogP contribution in [0.4, 0.5) is 21.0 Å². The van der Waals surface area contributed by atoms with E-state index in [2.05, 4.69) is 33.5 Å². The monoisotopic (exact) mass is 746 g/mol. The Morgan fingerprint density at radius 3 is 2.33 bits per heavy atom. The number of aromatic nitrogens is 1. The molecule has 0 fully saturated rings. The van der Waals surface area contributed by atoms with E-state index in [1.165, 1.54) is 0 Å². The molecule has 0 atom stereocenters. The van der Waals surface area contributed by atoms with Crippen LogP contribution < -0.4 is 44.1 Å². The van der Waals surface area contributed by atoms with Crippen LogP contribution in [-0.2, 0) is 16.0 Å². The van der Waals surface area contributed by atoms with Gasteiger partial charge in [0.05, 0.1) is 10.2 Å². The van der Waals surface area contributed by atoms with Crippen molar-refractivity contribution in [2.45, 2.75) is 19.9 Å². The van der Waals surface area contributed by atoms with Crippen molar-refractivity contribution >= 4 is 56.2 Å². The molecule has 0 aliphatic rings. The van der Waals surface area contributed by atoms with Gasteiger partial charge in [0.2, 0.25) is 0 Å². The highest BCUT2D eigenvalue weighted by molar-refractivity contribution is 9.10. The lowest BCUT2D eigenvalue weighted by Crippen LogP contribution is -3.00. The standard InChI is InChI=1S/C31H31BrN4O5.HI/c1-2-16-35-21-24(20-25(32)22-35)29(37)36(26-11-4-3-5-12-26)17-15-33-30(38)40-18-19-41-31(39)34-28-14-8-10-23-9-6-7-13-27(23)28;/h3-14,20-22H,2,15-19H2,1H3,(H-,33,34,38,39);1H. The molecule has 3 amide bonds. The second-order valence-corrected chi connectivity index (χ2v) is 10.0. The van der Waals surface area contributed by atoms with Gasteiger partial charge in [-0.3, -0.25) is 10.1 Å². The highest BCUT2D eigenvalue weighted by Crippen LogP contribution is 2.23. The number of pyridine rings is 1. The Balaban J connectivity index is 0.00000484. The fourth-order valence-electron chi connectivity index (χ4n) is 4.28. The van der Waals surface area contributed by atoms with Crippen molar-refractivity contribution < 1.29 is 52.4 Å². The fourth-order valence-corrected chi connectivity index (χ4v) is 4.79. The number of anilines is 2. The molecule has 0 bridgehead atoms. The Kier molecular flexibility index (Phi) is 13.0. The van der Waals surface area contributed by atoms with Crippen LogP contribution in [-0.4, -0.2) is 44.4 Å². The normalized spacial score (nSPS) is 10.3. The van der Waals surface area contributed by atoms with Crippen molar-refractivity contribution in [3.63, 3.8) is 0 Å². The summed E-state index contributed by atoms with van der Waals surface area (Å²) in [6.45, 7) is 3.01. The van der Waals surface area contributed by atoms with E-state index in [-0.39, 0.29) is 56.2 Å². The van der Waals surface area contributed by atoms with E-state index < -0.39 is 12.2 Å². The third kappa shape index (κ3) is 9.41. The van der Waals surface area contributed by atoms with Gasteiger partial charge in [-0.05, 0) is 45.6 Å². The molecule has 0 aliphatic heterocycles. The van der Waals surface area contributed by atoms with Crippen LogP contribution in [0.15, 0.2) is 95.7 Å². The zero-order chi connectivity index (χ0) is 29.0. The number of nitrogens with zero attached hydrogens (tertiary/aromatic N) is 2. The average molecular weight is 747 g/mol. The number of amides is 3. The molecule has 220 valence electrons. The molecule has 1 aromatic heterocycles. The van der Waals surface area contributed by atoms with Gasteiger partial charge < -0.3 is 43.7 Å². The minimum atomic E-state index is -0.674. The molecule has 0 saturated carbocycles.